The van der Waals surface area contributed by atoms with Crippen LogP contribution in [0.4, 0.5) is 31.0 Å². The zero-order chi connectivity index (χ0) is 25.4. The number of nitrogens with one attached hydrogen (secondary N) is 2. The monoisotopic (exact) mass is 489 g/mol. The summed E-state index contributed by atoms with van der Waals surface area (Å²) in [5.74, 6) is 0.780. The van der Waals surface area contributed by atoms with Gasteiger partial charge in [-0.1, -0.05) is 6.08 Å². The first-order valence-corrected chi connectivity index (χ1v) is 11.3. The van der Waals surface area contributed by atoms with Crippen molar-refractivity contribution >= 4 is 29.1 Å². The molecule has 0 spiro atoms. The van der Waals surface area contributed by atoms with Gasteiger partial charge in [0.1, 0.15) is 11.4 Å². The van der Waals surface area contributed by atoms with Crippen LogP contribution in [0.3, 0.4) is 0 Å². The van der Waals surface area contributed by atoms with Crippen molar-refractivity contribution in [3.8, 4) is 11.5 Å². The Labute approximate surface area is 202 Å². The molecule has 1 aromatic carbocycles. The molecule has 3 heterocycles. The van der Waals surface area contributed by atoms with Crippen molar-refractivity contribution in [3.05, 3.63) is 35.5 Å². The molecule has 0 saturated heterocycles. The van der Waals surface area contributed by atoms with Crippen LogP contribution in [0.15, 0.2) is 24.3 Å². The first-order valence-electron chi connectivity index (χ1n) is 11.3. The van der Waals surface area contributed by atoms with Crippen LogP contribution in [-0.4, -0.2) is 53.0 Å². The Kier molecular flexibility index (Phi) is 6.44. The molecule has 0 fully saturated rings. The molecular formula is C24H29F2N5O4. The minimum absolute atomic E-state index is 0.0430. The van der Waals surface area contributed by atoms with Crippen LogP contribution in [0.5, 0.6) is 11.5 Å². The number of rotatable bonds is 4. The normalized spacial score (nSPS) is 16.9. The smallest absolute Gasteiger partial charge is 0.444 e. The molecule has 2 N–H and O–H groups in total. The summed E-state index contributed by atoms with van der Waals surface area (Å²) in [6, 6.07) is 4.90. The van der Waals surface area contributed by atoms with Gasteiger partial charge in [0, 0.05) is 49.2 Å². The summed E-state index contributed by atoms with van der Waals surface area (Å²) in [6.45, 7) is 8.00. The summed E-state index contributed by atoms with van der Waals surface area (Å²) < 4.78 is 43.1. The second-order valence-electron chi connectivity index (χ2n) is 9.37. The van der Waals surface area contributed by atoms with Crippen molar-refractivity contribution in [2.45, 2.75) is 52.4 Å². The molecule has 188 valence electrons. The Morgan fingerprint density at radius 2 is 1.97 bits per heavy atom. The Morgan fingerprint density at radius 3 is 2.69 bits per heavy atom. The van der Waals surface area contributed by atoms with Gasteiger partial charge in [0.2, 0.25) is 5.95 Å². The van der Waals surface area contributed by atoms with E-state index in [1.165, 1.54) is 6.07 Å². The summed E-state index contributed by atoms with van der Waals surface area (Å²) in [6.07, 6.45) is -1.18. The minimum atomic E-state index is -3.78. The van der Waals surface area contributed by atoms with Gasteiger partial charge >= 0.3 is 12.4 Å². The van der Waals surface area contributed by atoms with Gasteiger partial charge in [-0.25, -0.2) is 9.78 Å². The SMILES string of the molecule is CNc1cc(C)nc(Nc2cc3c(c(C4=CCN(C(=O)OC(C)(C)C)CCC4)c2)OC(F)(F)O3)n1. The fraction of sp³-hybridized carbons (Fsp3) is 0.458. The Bertz CT molecular complexity index is 1160. The number of aromatic nitrogens is 2. The van der Waals surface area contributed by atoms with Crippen molar-refractivity contribution in [2.24, 2.45) is 0 Å². The zero-order valence-corrected chi connectivity index (χ0v) is 20.4. The number of carbonyl (C=O) groups is 1. The average Bonchev–Trinajstić information content (AvgIpc) is 2.91. The highest BCUT2D eigenvalue weighted by atomic mass is 19.3. The van der Waals surface area contributed by atoms with Crippen LogP contribution in [-0.2, 0) is 4.74 Å². The lowest BCUT2D eigenvalue weighted by Gasteiger charge is -2.25. The average molecular weight is 490 g/mol. The van der Waals surface area contributed by atoms with Gasteiger partial charge in [-0.2, -0.15) is 4.98 Å². The number of aryl methyl sites for hydroxylation is 1. The predicted octanol–water partition coefficient (Wildman–Crippen LogP) is 5.31. The maximum atomic E-state index is 14.0. The standard InChI is InChI=1S/C24H29F2N5O4/c1-14-11-19(27-5)30-21(28-14)29-16-12-17(20-18(13-16)33-24(25,26)34-20)15-7-6-9-31(10-8-15)22(32)35-23(2,3)4/h8,11-13H,6-7,9-10H2,1-5H3,(H2,27,28,29,30). The quantitative estimate of drug-likeness (QED) is 0.597. The van der Waals surface area contributed by atoms with Gasteiger partial charge < -0.3 is 29.7 Å². The predicted molar refractivity (Wildman–Crippen MR) is 127 cm³/mol. The van der Waals surface area contributed by atoms with E-state index in [1.54, 1.807) is 44.9 Å². The topological polar surface area (TPSA) is 97.8 Å². The maximum Gasteiger partial charge on any atom is 0.586 e. The van der Waals surface area contributed by atoms with Gasteiger partial charge in [-0.05, 0) is 52.2 Å². The van der Waals surface area contributed by atoms with Crippen molar-refractivity contribution in [1.82, 2.24) is 14.9 Å². The Morgan fingerprint density at radius 1 is 1.20 bits per heavy atom. The maximum absolute atomic E-state index is 14.0. The van der Waals surface area contributed by atoms with E-state index in [1.807, 2.05) is 13.0 Å². The molecular weight excluding hydrogens is 460 g/mol. The van der Waals surface area contributed by atoms with Crippen LogP contribution in [0, 0.1) is 6.92 Å². The Balaban J connectivity index is 1.66. The molecule has 35 heavy (non-hydrogen) atoms. The zero-order valence-electron chi connectivity index (χ0n) is 20.4. The van der Waals surface area contributed by atoms with E-state index >= 15 is 0 Å². The summed E-state index contributed by atoms with van der Waals surface area (Å²) in [4.78, 5) is 22.8. The van der Waals surface area contributed by atoms with Crippen molar-refractivity contribution in [2.75, 3.05) is 30.8 Å². The van der Waals surface area contributed by atoms with Gasteiger partial charge in [0.15, 0.2) is 11.5 Å². The van der Waals surface area contributed by atoms with Gasteiger partial charge in [-0.15, -0.1) is 8.78 Å². The largest absolute Gasteiger partial charge is 0.586 e. The van der Waals surface area contributed by atoms with Gasteiger partial charge in [0.05, 0.1) is 0 Å². The van der Waals surface area contributed by atoms with Crippen LogP contribution in [0.1, 0.15) is 44.9 Å². The molecule has 2 aromatic rings. The fourth-order valence-corrected chi connectivity index (χ4v) is 3.85. The van der Waals surface area contributed by atoms with Crippen molar-refractivity contribution < 1.29 is 27.8 Å². The number of alkyl halides is 2. The molecule has 0 atom stereocenters. The van der Waals surface area contributed by atoms with Gasteiger partial charge in [0.25, 0.3) is 0 Å². The molecule has 0 bridgehead atoms. The van der Waals surface area contributed by atoms with E-state index in [2.05, 4.69) is 20.6 Å². The molecule has 0 aliphatic carbocycles. The van der Waals surface area contributed by atoms with E-state index in [0.717, 1.165) is 11.3 Å². The van der Waals surface area contributed by atoms with E-state index in [9.17, 15) is 13.6 Å². The van der Waals surface area contributed by atoms with Crippen LogP contribution >= 0.6 is 0 Å². The number of amides is 1. The first kappa shape index (κ1) is 24.5. The summed E-state index contributed by atoms with van der Waals surface area (Å²) in [5.41, 5.74) is 1.79. The third-order valence-corrected chi connectivity index (χ3v) is 5.30. The number of hydrogen-bond donors (Lipinski definition) is 2. The summed E-state index contributed by atoms with van der Waals surface area (Å²) >= 11 is 0. The minimum Gasteiger partial charge on any atom is -0.444 e. The second kappa shape index (κ2) is 9.20. The Hall–Kier alpha value is -3.63. The van der Waals surface area contributed by atoms with Crippen LogP contribution in [0.2, 0.25) is 0 Å². The lowest BCUT2D eigenvalue weighted by molar-refractivity contribution is -0.286. The highest BCUT2D eigenvalue weighted by Crippen LogP contribution is 2.48. The number of hydrogen-bond acceptors (Lipinski definition) is 8. The summed E-state index contributed by atoms with van der Waals surface area (Å²) in [7, 11) is 1.74. The lowest BCUT2D eigenvalue weighted by atomic mass is 9.99. The molecule has 11 heteroatoms. The van der Waals surface area contributed by atoms with E-state index in [0.29, 0.717) is 42.4 Å². The molecule has 2 aliphatic rings. The lowest BCUT2D eigenvalue weighted by Crippen LogP contribution is -2.37. The molecule has 1 amide bonds. The third-order valence-electron chi connectivity index (χ3n) is 5.30. The van der Waals surface area contributed by atoms with Crippen molar-refractivity contribution in [1.29, 1.82) is 0 Å². The van der Waals surface area contributed by atoms with Crippen LogP contribution in [0.25, 0.3) is 5.57 Å². The molecule has 2 aliphatic heterocycles. The van der Waals surface area contributed by atoms with Gasteiger partial charge in [-0.3, -0.25) is 0 Å². The fourth-order valence-electron chi connectivity index (χ4n) is 3.85. The number of allylic oxidation sites excluding steroid dienone is 1. The van der Waals surface area contributed by atoms with E-state index < -0.39 is 18.0 Å². The highest BCUT2D eigenvalue weighted by molar-refractivity contribution is 5.79. The van der Waals surface area contributed by atoms with E-state index in [4.69, 9.17) is 14.2 Å². The second-order valence-corrected chi connectivity index (χ2v) is 9.37. The number of anilines is 3. The molecule has 9 nitrogen and oxygen atoms in total. The van der Waals surface area contributed by atoms with Crippen molar-refractivity contribution in [3.63, 3.8) is 0 Å². The molecule has 1 aromatic heterocycles. The number of fused-ring (bicyclic) bond motifs is 1. The number of halogens is 2. The number of carbonyl (C=O) groups excluding carboxylic acids is 1. The summed E-state index contributed by atoms with van der Waals surface area (Å²) in [5, 5.41) is 6.03. The molecule has 0 saturated carbocycles. The van der Waals surface area contributed by atoms with E-state index in [-0.39, 0.29) is 18.0 Å². The number of nitrogens with zero attached hydrogens (tertiary/aromatic N) is 3. The van der Waals surface area contributed by atoms with Crippen LogP contribution < -0.4 is 20.1 Å². The highest BCUT2D eigenvalue weighted by Gasteiger charge is 2.45. The molecule has 0 unspecified atom stereocenters. The molecule has 0 radical (unpaired) electrons. The number of ether oxygens (including phenoxy) is 3. The molecule has 4 rings (SSSR count). The first-order chi connectivity index (χ1) is 16.4. The third kappa shape index (κ3) is 5.90. The number of benzene rings is 1.